The van der Waals surface area contributed by atoms with Gasteiger partial charge in [-0.15, -0.1) is 0 Å². The third-order valence-electron chi connectivity index (χ3n) is 0.0722. The zero-order valence-electron chi connectivity index (χ0n) is 6.06. The molecule has 13 heavy (non-hydrogen) atoms. The molecule has 7 nitrogen and oxygen atoms in total. The molecule has 0 rings (SSSR count). The summed E-state index contributed by atoms with van der Waals surface area (Å²) in [4.78, 5) is 25.5. The molecule has 0 aliphatic carbocycles. The Hall–Kier alpha value is -2.23. The zero-order chi connectivity index (χ0) is 10.6. The Morgan fingerprint density at radius 2 is 1.08 bits per heavy atom. The van der Waals surface area contributed by atoms with Crippen molar-refractivity contribution in [2.75, 3.05) is 0 Å². The molecule has 68 valence electrons. The van der Waals surface area contributed by atoms with Gasteiger partial charge in [-0.3, -0.25) is 0 Å². The van der Waals surface area contributed by atoms with Crippen LogP contribution in [0, 0.1) is 7.43 Å². The standard InChI is InChI=1S/C3H2O.2CH2O3.C/c1-2-3-4;2*2-1(3)4;/h1H2;2*(H2,2,3,4);/q;;;+4/p-4. The SMILES string of the molecule is C=C=C=O.O=C([O-])[O-].O=C([O-])[O-].[C+4]. The molecule has 0 aromatic carbocycles. The van der Waals surface area contributed by atoms with Crippen molar-refractivity contribution >= 4 is 18.3 Å². The van der Waals surface area contributed by atoms with Crippen LogP contribution in [0.2, 0.25) is 0 Å². The molecular weight excluding hydrogens is 184 g/mol. The Labute approximate surface area is 73.9 Å². The summed E-state index contributed by atoms with van der Waals surface area (Å²) in [5, 5.41) is 33.3. The molecule has 0 spiro atoms. The van der Waals surface area contributed by atoms with Crippen LogP contribution in [0.25, 0.3) is 0 Å². The maximum atomic E-state index is 8.88. The predicted molar refractivity (Wildman–Crippen MR) is 28.9 cm³/mol. The van der Waals surface area contributed by atoms with Gasteiger partial charge in [-0.1, -0.05) is 0 Å². The van der Waals surface area contributed by atoms with E-state index in [1.54, 1.807) is 0 Å². The number of carboxylic acid groups (broad SMARTS) is 4. The summed E-state index contributed by atoms with van der Waals surface area (Å²) in [6.07, 6.45) is -4.67. The van der Waals surface area contributed by atoms with E-state index in [-0.39, 0.29) is 7.43 Å². The molecule has 0 aromatic heterocycles. The Morgan fingerprint density at radius 3 is 1.08 bits per heavy atom. The minimum Gasteiger partial charge on any atom is -0.652 e. The fraction of sp³-hybridized carbons (Fsp3) is 0. The van der Waals surface area contributed by atoms with Crippen LogP contribution in [0.1, 0.15) is 0 Å². The number of hydrogen-bond acceptors (Lipinski definition) is 7. The molecule has 0 aliphatic heterocycles. The van der Waals surface area contributed by atoms with Crippen LogP contribution in [-0.4, -0.2) is 18.3 Å². The van der Waals surface area contributed by atoms with Crippen molar-refractivity contribution in [3.05, 3.63) is 19.7 Å². The fourth-order valence-corrected chi connectivity index (χ4v) is 0. The molecule has 0 aromatic rings. The van der Waals surface area contributed by atoms with Crippen LogP contribution < -0.4 is 20.4 Å². The van der Waals surface area contributed by atoms with Gasteiger partial charge in [0, 0.05) is 0 Å². The van der Waals surface area contributed by atoms with Gasteiger partial charge >= 0.3 is 7.43 Å². The first-order chi connectivity index (χ1) is 5.38. The Kier molecular flexibility index (Phi) is 38.9. The van der Waals surface area contributed by atoms with E-state index in [0.717, 1.165) is 0 Å². The molecule has 0 heterocycles. The van der Waals surface area contributed by atoms with Crippen LogP contribution in [0.3, 0.4) is 0 Å². The molecule has 0 amide bonds. The van der Waals surface area contributed by atoms with Crippen molar-refractivity contribution in [1.82, 2.24) is 0 Å². The topological polar surface area (TPSA) is 143 Å². The molecule has 0 N–H and O–H groups in total. The van der Waals surface area contributed by atoms with E-state index in [0.29, 0.717) is 0 Å². The van der Waals surface area contributed by atoms with Crippen molar-refractivity contribution in [2.45, 2.75) is 0 Å². The number of carbonyl (C=O) groups excluding carboxylic acids is 3. The summed E-state index contributed by atoms with van der Waals surface area (Å²) in [6, 6.07) is 0. The number of carbonyl (C=O) groups is 2. The molecule has 0 unspecified atom stereocenters. The second-order valence-corrected chi connectivity index (χ2v) is 0.779. The van der Waals surface area contributed by atoms with Crippen molar-refractivity contribution < 1.29 is 34.8 Å². The maximum Gasteiger partial charge on any atom is 4.00 e. The molecule has 0 bridgehead atoms. The molecule has 0 aliphatic rings. The summed E-state index contributed by atoms with van der Waals surface area (Å²) >= 11 is 0. The van der Waals surface area contributed by atoms with E-state index >= 15 is 0 Å². The fourth-order valence-electron chi connectivity index (χ4n) is 0. The second-order valence-electron chi connectivity index (χ2n) is 0.779. The molecule has 0 saturated heterocycles. The van der Waals surface area contributed by atoms with Gasteiger partial charge in [0.15, 0.2) is 5.94 Å². The first-order valence-corrected chi connectivity index (χ1v) is 2.03. The van der Waals surface area contributed by atoms with Gasteiger partial charge in [0.25, 0.3) is 0 Å². The van der Waals surface area contributed by atoms with Crippen LogP contribution in [0.4, 0.5) is 9.59 Å². The van der Waals surface area contributed by atoms with Gasteiger partial charge in [-0.05, 0) is 24.6 Å². The van der Waals surface area contributed by atoms with Crippen molar-refractivity contribution in [3.8, 4) is 0 Å². The van der Waals surface area contributed by atoms with Crippen LogP contribution in [0.15, 0.2) is 12.3 Å². The summed E-state index contributed by atoms with van der Waals surface area (Å²) in [6.45, 7) is 2.93. The Bertz CT molecular complexity index is 167. The smallest absolute Gasteiger partial charge is 0.652 e. The average molecular weight is 186 g/mol. The first-order valence-electron chi connectivity index (χ1n) is 2.03. The van der Waals surface area contributed by atoms with Crippen molar-refractivity contribution in [3.63, 3.8) is 0 Å². The summed E-state index contributed by atoms with van der Waals surface area (Å²) < 4.78 is 0. The molecule has 0 radical (unpaired) electrons. The van der Waals surface area contributed by atoms with E-state index in [9.17, 15) is 0 Å². The predicted octanol–water partition coefficient (Wildman–Crippen LogP) is -4.65. The van der Waals surface area contributed by atoms with Gasteiger partial charge in [0.1, 0.15) is 0 Å². The van der Waals surface area contributed by atoms with Gasteiger partial charge in [0.05, 0.1) is 0 Å². The van der Waals surface area contributed by atoms with E-state index in [1.807, 2.05) is 5.73 Å². The molecule has 7 heteroatoms. The summed E-state index contributed by atoms with van der Waals surface area (Å²) in [7, 11) is 0. The normalized spacial score (nSPS) is 4.62. The van der Waals surface area contributed by atoms with Crippen molar-refractivity contribution in [2.24, 2.45) is 0 Å². The summed E-state index contributed by atoms with van der Waals surface area (Å²) in [5.74, 6) is 1.32. The third kappa shape index (κ3) is 390. The zero-order valence-corrected chi connectivity index (χ0v) is 6.06. The van der Waals surface area contributed by atoms with E-state index < -0.39 is 12.3 Å². The summed E-state index contributed by atoms with van der Waals surface area (Å²) in [5.41, 5.74) is 1.88. The van der Waals surface area contributed by atoms with Gasteiger partial charge in [-0.25, -0.2) is 4.79 Å². The van der Waals surface area contributed by atoms with E-state index in [2.05, 4.69) is 6.58 Å². The maximum absolute atomic E-state index is 8.88. The molecule has 0 atom stereocenters. The van der Waals surface area contributed by atoms with E-state index in [4.69, 9.17) is 34.8 Å². The van der Waals surface area contributed by atoms with Crippen LogP contribution in [-0.2, 0) is 4.79 Å². The van der Waals surface area contributed by atoms with Crippen LogP contribution >= 0.6 is 0 Å². The third-order valence-corrected chi connectivity index (χ3v) is 0.0722. The van der Waals surface area contributed by atoms with Gasteiger partial charge in [0.2, 0.25) is 0 Å². The number of rotatable bonds is 0. The monoisotopic (exact) mass is 186 g/mol. The van der Waals surface area contributed by atoms with Gasteiger partial charge < -0.3 is 30.0 Å². The minimum absolute atomic E-state index is 0. The second kappa shape index (κ2) is 22.6. The molecule has 0 saturated carbocycles. The Balaban J connectivity index is -0.0000000450. The molecule has 0 fully saturated rings. The quantitative estimate of drug-likeness (QED) is 0.273. The minimum atomic E-state index is -2.33. The molecular formula is C6H2O7. The Morgan fingerprint density at radius 1 is 1.00 bits per heavy atom. The number of hydrogen-bond donors (Lipinski definition) is 0. The average Bonchev–Trinajstić information content (AvgIpc) is 1.85. The van der Waals surface area contributed by atoms with Crippen LogP contribution in [0.5, 0.6) is 0 Å². The van der Waals surface area contributed by atoms with Gasteiger partial charge in [-0.2, -0.15) is 0 Å². The van der Waals surface area contributed by atoms with Crippen molar-refractivity contribution in [1.29, 1.82) is 0 Å². The largest absolute Gasteiger partial charge is 4.00 e. The van der Waals surface area contributed by atoms with E-state index in [1.165, 1.54) is 5.94 Å². The first kappa shape index (κ1) is 22.4.